The Hall–Kier alpha value is -3.79. The number of alkyl halides is 2. The van der Waals surface area contributed by atoms with E-state index in [1.807, 2.05) is 54.9 Å². The number of benzene rings is 1. The highest BCUT2D eigenvalue weighted by molar-refractivity contribution is 7.26. The summed E-state index contributed by atoms with van der Waals surface area (Å²) in [5.41, 5.74) is 3.55. The number of hydrogen-bond donors (Lipinski definition) is 0. The fourth-order valence-corrected chi connectivity index (χ4v) is 5.23. The molecule has 1 atom stereocenters. The minimum absolute atomic E-state index is 0.173. The van der Waals surface area contributed by atoms with Gasteiger partial charge in [0, 0.05) is 17.3 Å². The van der Waals surface area contributed by atoms with E-state index in [0.29, 0.717) is 27.4 Å². The van der Waals surface area contributed by atoms with Gasteiger partial charge >= 0.3 is 0 Å². The number of nitrogens with zero attached hydrogens (tertiary/aromatic N) is 7. The van der Waals surface area contributed by atoms with Crippen molar-refractivity contribution in [1.29, 1.82) is 0 Å². The molecule has 6 rings (SSSR count). The van der Waals surface area contributed by atoms with Crippen LogP contribution in [0.3, 0.4) is 0 Å². The topological polar surface area (TPSA) is 73.8 Å². The maximum Gasteiger partial charge on any atom is 0.280 e. The Morgan fingerprint density at radius 3 is 2.61 bits per heavy atom. The average molecular weight is 462 g/mol. The smallest absolute Gasteiger partial charge is 0.259 e. The van der Waals surface area contributed by atoms with Gasteiger partial charge in [0.2, 0.25) is 0 Å². The Kier molecular flexibility index (Phi) is 4.44. The Balaban J connectivity index is 1.62. The van der Waals surface area contributed by atoms with Gasteiger partial charge in [0.05, 0.1) is 5.52 Å². The van der Waals surface area contributed by atoms with E-state index in [1.165, 1.54) is 17.4 Å². The van der Waals surface area contributed by atoms with Crippen LogP contribution < -0.4 is 0 Å². The monoisotopic (exact) mass is 461 g/mol. The van der Waals surface area contributed by atoms with Crippen molar-refractivity contribution in [3.05, 3.63) is 72.2 Å². The minimum atomic E-state index is -2.67. The fourth-order valence-electron chi connectivity index (χ4n) is 4.09. The molecule has 0 saturated carbocycles. The first-order valence-electron chi connectivity index (χ1n) is 10.3. The summed E-state index contributed by atoms with van der Waals surface area (Å²) in [6.07, 6.45) is 0.678. The second-order valence-electron chi connectivity index (χ2n) is 7.80. The number of pyridine rings is 1. The number of thiophene rings is 1. The zero-order valence-electron chi connectivity index (χ0n) is 17.6. The van der Waals surface area contributed by atoms with E-state index in [4.69, 9.17) is 4.98 Å². The van der Waals surface area contributed by atoms with Crippen LogP contribution in [0.25, 0.3) is 37.2 Å². The SMILES string of the molecule is Cc1ccnn1C(C)c1nc2c3sc4nc(C(F)F)cc(-c5ccccc5)c4c3ncn2n1. The van der Waals surface area contributed by atoms with Gasteiger partial charge in [-0.05, 0) is 37.1 Å². The zero-order valence-corrected chi connectivity index (χ0v) is 18.5. The number of halogens is 2. The lowest BCUT2D eigenvalue weighted by Gasteiger charge is -2.09. The van der Waals surface area contributed by atoms with Gasteiger partial charge in [0.25, 0.3) is 6.43 Å². The summed E-state index contributed by atoms with van der Waals surface area (Å²) < 4.78 is 31.5. The highest BCUT2D eigenvalue weighted by Crippen LogP contribution is 2.41. The molecule has 1 unspecified atom stereocenters. The molecule has 0 radical (unpaired) electrons. The lowest BCUT2D eigenvalue weighted by atomic mass is 10.0. The van der Waals surface area contributed by atoms with Crippen LogP contribution in [0, 0.1) is 6.92 Å². The largest absolute Gasteiger partial charge is 0.280 e. The predicted molar refractivity (Wildman–Crippen MR) is 123 cm³/mol. The Morgan fingerprint density at radius 2 is 1.88 bits per heavy atom. The maximum atomic E-state index is 13.7. The van der Waals surface area contributed by atoms with E-state index < -0.39 is 6.43 Å². The fraction of sp³-hybridized carbons (Fsp3) is 0.174. The molecule has 7 nitrogen and oxygen atoms in total. The number of aromatic nitrogens is 7. The molecule has 6 aromatic rings. The standard InChI is InChI=1S/C23H17F2N7S/c1-12-8-9-27-32(12)13(2)21-29-22-19-18(26-11-31(22)30-21)17-15(14-6-4-3-5-7-14)10-16(20(24)25)28-23(17)33-19/h3-11,13,20H,1-2H3. The molecule has 0 aliphatic rings. The van der Waals surface area contributed by atoms with Crippen molar-refractivity contribution in [3.63, 3.8) is 0 Å². The van der Waals surface area contributed by atoms with Crippen molar-refractivity contribution in [2.75, 3.05) is 0 Å². The normalized spacial score (nSPS) is 13.0. The highest BCUT2D eigenvalue weighted by atomic mass is 32.1. The first-order chi connectivity index (χ1) is 16.0. The number of hydrogen-bond acceptors (Lipinski definition) is 6. The molecule has 0 amide bonds. The van der Waals surface area contributed by atoms with E-state index in [-0.39, 0.29) is 11.7 Å². The van der Waals surface area contributed by atoms with Crippen LogP contribution in [0.4, 0.5) is 8.78 Å². The summed E-state index contributed by atoms with van der Waals surface area (Å²) in [6.45, 7) is 3.96. The maximum absolute atomic E-state index is 13.7. The summed E-state index contributed by atoms with van der Waals surface area (Å²) >= 11 is 1.30. The van der Waals surface area contributed by atoms with E-state index in [1.54, 1.807) is 17.0 Å². The van der Waals surface area contributed by atoms with Gasteiger partial charge in [0.15, 0.2) is 11.5 Å². The molecular formula is C23H17F2N7S. The Morgan fingerprint density at radius 1 is 1.06 bits per heavy atom. The molecule has 0 saturated heterocycles. The van der Waals surface area contributed by atoms with Crippen molar-refractivity contribution in [2.24, 2.45) is 0 Å². The van der Waals surface area contributed by atoms with E-state index in [9.17, 15) is 8.78 Å². The molecule has 5 heterocycles. The van der Waals surface area contributed by atoms with Crippen LogP contribution in [0.2, 0.25) is 0 Å². The molecule has 0 aliphatic heterocycles. The summed E-state index contributed by atoms with van der Waals surface area (Å²) in [6, 6.07) is 12.7. The Labute approximate surface area is 190 Å². The van der Waals surface area contributed by atoms with Crippen LogP contribution >= 0.6 is 11.3 Å². The molecule has 0 bridgehead atoms. The molecule has 0 spiro atoms. The third-order valence-electron chi connectivity index (χ3n) is 5.72. The molecule has 5 aromatic heterocycles. The van der Waals surface area contributed by atoms with Gasteiger partial charge in [-0.25, -0.2) is 28.2 Å². The molecule has 0 N–H and O–H groups in total. The molecule has 10 heteroatoms. The molecule has 1 aromatic carbocycles. The first kappa shape index (κ1) is 19.9. The van der Waals surface area contributed by atoms with Gasteiger partial charge in [-0.15, -0.1) is 16.4 Å². The van der Waals surface area contributed by atoms with E-state index in [0.717, 1.165) is 21.3 Å². The molecular weight excluding hydrogens is 444 g/mol. The van der Waals surface area contributed by atoms with Crippen LogP contribution in [0.1, 0.15) is 36.6 Å². The highest BCUT2D eigenvalue weighted by Gasteiger charge is 2.22. The minimum Gasteiger partial charge on any atom is -0.259 e. The molecule has 33 heavy (non-hydrogen) atoms. The number of fused-ring (bicyclic) bond motifs is 5. The molecule has 0 fully saturated rings. The van der Waals surface area contributed by atoms with Crippen LogP contribution in [-0.2, 0) is 0 Å². The van der Waals surface area contributed by atoms with Gasteiger partial charge < -0.3 is 0 Å². The quantitative estimate of drug-likeness (QED) is 0.341. The van der Waals surface area contributed by atoms with Crippen molar-refractivity contribution < 1.29 is 8.78 Å². The van der Waals surface area contributed by atoms with Crippen molar-refractivity contribution in [1.82, 2.24) is 34.3 Å². The van der Waals surface area contributed by atoms with Gasteiger partial charge in [-0.2, -0.15) is 5.10 Å². The Bertz CT molecular complexity index is 1640. The number of aryl methyl sites for hydroxylation is 1. The van der Waals surface area contributed by atoms with Crippen LogP contribution in [0.5, 0.6) is 0 Å². The lowest BCUT2D eigenvalue weighted by Crippen LogP contribution is -2.11. The predicted octanol–water partition coefficient (Wildman–Crippen LogP) is 5.61. The van der Waals surface area contributed by atoms with Crippen LogP contribution in [0.15, 0.2) is 55.0 Å². The summed E-state index contributed by atoms with van der Waals surface area (Å²) in [5.74, 6) is 0.595. The van der Waals surface area contributed by atoms with Crippen molar-refractivity contribution in [2.45, 2.75) is 26.3 Å². The average Bonchev–Trinajstić information content (AvgIpc) is 3.54. The van der Waals surface area contributed by atoms with Crippen molar-refractivity contribution in [3.8, 4) is 11.1 Å². The third kappa shape index (κ3) is 3.09. The van der Waals surface area contributed by atoms with E-state index in [2.05, 4.69) is 20.2 Å². The van der Waals surface area contributed by atoms with Gasteiger partial charge in [0.1, 0.15) is 27.6 Å². The second kappa shape index (κ2) is 7.38. The van der Waals surface area contributed by atoms with Gasteiger partial charge in [-0.3, -0.25) is 4.68 Å². The molecule has 164 valence electrons. The number of rotatable bonds is 4. The summed E-state index contributed by atoms with van der Waals surface area (Å²) in [5, 5.41) is 9.71. The molecule has 0 aliphatic carbocycles. The third-order valence-corrected chi connectivity index (χ3v) is 6.79. The summed E-state index contributed by atoms with van der Waals surface area (Å²) in [7, 11) is 0. The van der Waals surface area contributed by atoms with Gasteiger partial charge in [-0.1, -0.05) is 30.3 Å². The van der Waals surface area contributed by atoms with Crippen LogP contribution in [-0.4, -0.2) is 34.3 Å². The first-order valence-corrected chi connectivity index (χ1v) is 11.1. The summed E-state index contributed by atoms with van der Waals surface area (Å²) in [4.78, 5) is 14.2. The van der Waals surface area contributed by atoms with E-state index >= 15 is 0 Å². The second-order valence-corrected chi connectivity index (χ2v) is 8.80. The van der Waals surface area contributed by atoms with Crippen molar-refractivity contribution >= 4 is 37.4 Å². The lowest BCUT2D eigenvalue weighted by molar-refractivity contribution is 0.146. The zero-order chi connectivity index (χ0) is 22.7.